The van der Waals surface area contributed by atoms with Crippen molar-refractivity contribution in [2.75, 3.05) is 13.2 Å². The Balaban J connectivity index is 2.45. The molecule has 0 bridgehead atoms. The van der Waals surface area contributed by atoms with Gasteiger partial charge in [-0.15, -0.1) is 13.2 Å². The van der Waals surface area contributed by atoms with Gasteiger partial charge in [-0.2, -0.15) is 0 Å². The molecule has 0 aliphatic rings. The molecule has 4 nitrogen and oxygen atoms in total. The molecule has 0 radical (unpaired) electrons. The van der Waals surface area contributed by atoms with E-state index in [2.05, 4.69) is 9.89 Å². The SMILES string of the molecule is CCC(=NO)c1ccc(OCCOC(F)(F)F)cc1. The van der Waals surface area contributed by atoms with Crippen molar-refractivity contribution in [3.8, 4) is 5.75 Å². The molecule has 0 saturated carbocycles. The van der Waals surface area contributed by atoms with Crippen LogP contribution < -0.4 is 4.74 Å². The van der Waals surface area contributed by atoms with Gasteiger partial charge in [0.15, 0.2) is 0 Å². The first-order valence-corrected chi connectivity index (χ1v) is 5.61. The van der Waals surface area contributed by atoms with E-state index >= 15 is 0 Å². The molecule has 1 N–H and O–H groups in total. The average molecular weight is 277 g/mol. The predicted molar refractivity (Wildman–Crippen MR) is 62.6 cm³/mol. The van der Waals surface area contributed by atoms with Crippen molar-refractivity contribution in [1.82, 2.24) is 0 Å². The molecule has 0 atom stereocenters. The summed E-state index contributed by atoms with van der Waals surface area (Å²) < 4.78 is 43.7. The van der Waals surface area contributed by atoms with Crippen molar-refractivity contribution < 1.29 is 27.9 Å². The van der Waals surface area contributed by atoms with E-state index in [1.54, 1.807) is 24.3 Å². The molecule has 0 aromatic heterocycles. The molecule has 0 unspecified atom stereocenters. The summed E-state index contributed by atoms with van der Waals surface area (Å²) in [5.41, 5.74) is 1.25. The third-order valence-corrected chi connectivity index (χ3v) is 2.26. The van der Waals surface area contributed by atoms with E-state index in [0.717, 1.165) is 5.56 Å². The number of nitrogens with zero attached hydrogens (tertiary/aromatic N) is 1. The van der Waals surface area contributed by atoms with Gasteiger partial charge in [0.2, 0.25) is 0 Å². The van der Waals surface area contributed by atoms with Crippen LogP contribution in [0.4, 0.5) is 13.2 Å². The standard InChI is InChI=1S/C12H14F3NO3/c1-2-11(16-17)9-3-5-10(6-4-9)18-7-8-19-12(13,14)15/h3-6,17H,2,7-8H2,1H3. The number of hydrogen-bond donors (Lipinski definition) is 1. The zero-order valence-electron chi connectivity index (χ0n) is 10.3. The lowest BCUT2D eigenvalue weighted by Gasteiger charge is -2.09. The van der Waals surface area contributed by atoms with E-state index in [1.165, 1.54) is 0 Å². The van der Waals surface area contributed by atoms with E-state index in [0.29, 0.717) is 17.9 Å². The highest BCUT2D eigenvalue weighted by Crippen LogP contribution is 2.17. The minimum absolute atomic E-state index is 0.201. The maximum atomic E-state index is 11.7. The molecule has 0 fully saturated rings. The van der Waals surface area contributed by atoms with Gasteiger partial charge in [-0.1, -0.05) is 12.1 Å². The largest absolute Gasteiger partial charge is 0.522 e. The summed E-state index contributed by atoms with van der Waals surface area (Å²) in [4.78, 5) is 0. The van der Waals surface area contributed by atoms with Gasteiger partial charge in [-0.05, 0) is 36.2 Å². The molecule has 1 rings (SSSR count). The Bertz CT molecular complexity index is 415. The number of hydrogen-bond acceptors (Lipinski definition) is 4. The molecular weight excluding hydrogens is 263 g/mol. The van der Waals surface area contributed by atoms with Crippen LogP contribution in [-0.4, -0.2) is 30.5 Å². The Morgan fingerprint density at radius 1 is 1.21 bits per heavy atom. The van der Waals surface area contributed by atoms with Crippen molar-refractivity contribution in [1.29, 1.82) is 0 Å². The van der Waals surface area contributed by atoms with Crippen molar-refractivity contribution in [3.05, 3.63) is 29.8 Å². The number of rotatable bonds is 6. The third kappa shape index (κ3) is 5.60. The van der Waals surface area contributed by atoms with Crippen molar-refractivity contribution in [2.24, 2.45) is 5.16 Å². The molecule has 7 heteroatoms. The van der Waals surface area contributed by atoms with Gasteiger partial charge in [0, 0.05) is 0 Å². The Labute approximate surface area is 108 Å². The summed E-state index contributed by atoms with van der Waals surface area (Å²) >= 11 is 0. The Morgan fingerprint density at radius 3 is 2.32 bits per heavy atom. The van der Waals surface area contributed by atoms with Crippen LogP contribution in [-0.2, 0) is 4.74 Å². The summed E-state index contributed by atoms with van der Waals surface area (Å²) in [6.45, 7) is 1.07. The molecule has 0 aliphatic heterocycles. The summed E-state index contributed by atoms with van der Waals surface area (Å²) in [5, 5.41) is 11.9. The van der Waals surface area contributed by atoms with E-state index in [-0.39, 0.29) is 6.61 Å². The normalized spacial score (nSPS) is 12.5. The quantitative estimate of drug-likeness (QED) is 0.376. The van der Waals surface area contributed by atoms with Gasteiger partial charge in [0.1, 0.15) is 12.4 Å². The summed E-state index contributed by atoms with van der Waals surface area (Å²) in [7, 11) is 0. The monoisotopic (exact) mass is 277 g/mol. The summed E-state index contributed by atoms with van der Waals surface area (Å²) in [5.74, 6) is 0.419. The van der Waals surface area contributed by atoms with Gasteiger partial charge in [-0.25, -0.2) is 0 Å². The maximum absolute atomic E-state index is 11.7. The second kappa shape index (κ2) is 6.98. The first-order chi connectivity index (χ1) is 8.96. The molecule has 0 saturated heterocycles. The summed E-state index contributed by atoms with van der Waals surface area (Å²) in [6, 6.07) is 6.50. The van der Waals surface area contributed by atoms with Crippen LogP contribution in [0.5, 0.6) is 5.75 Å². The van der Waals surface area contributed by atoms with Crippen LogP contribution in [0, 0.1) is 0 Å². The maximum Gasteiger partial charge on any atom is 0.522 e. The second-order valence-electron chi connectivity index (χ2n) is 3.57. The van der Waals surface area contributed by atoms with Crippen LogP contribution in [0.2, 0.25) is 0 Å². The van der Waals surface area contributed by atoms with Crippen molar-refractivity contribution in [3.63, 3.8) is 0 Å². The zero-order chi connectivity index (χ0) is 14.3. The fraction of sp³-hybridized carbons (Fsp3) is 0.417. The van der Waals surface area contributed by atoms with Crippen LogP contribution in [0.15, 0.2) is 29.4 Å². The van der Waals surface area contributed by atoms with Crippen LogP contribution in [0.25, 0.3) is 0 Å². The fourth-order valence-electron chi connectivity index (χ4n) is 1.39. The van der Waals surface area contributed by atoms with Gasteiger partial charge in [-0.3, -0.25) is 4.74 Å². The highest BCUT2D eigenvalue weighted by Gasteiger charge is 2.28. The highest BCUT2D eigenvalue weighted by atomic mass is 19.4. The zero-order valence-corrected chi connectivity index (χ0v) is 10.3. The Morgan fingerprint density at radius 2 is 1.84 bits per heavy atom. The number of halogens is 3. The lowest BCUT2D eigenvalue weighted by atomic mass is 10.1. The van der Waals surface area contributed by atoms with Crippen LogP contribution >= 0.6 is 0 Å². The van der Waals surface area contributed by atoms with Gasteiger partial charge in [0.05, 0.1) is 12.3 Å². The second-order valence-corrected chi connectivity index (χ2v) is 3.57. The lowest BCUT2D eigenvalue weighted by molar-refractivity contribution is -0.325. The number of benzene rings is 1. The average Bonchev–Trinajstić information content (AvgIpc) is 2.37. The minimum atomic E-state index is -4.64. The Hall–Kier alpha value is -1.76. The fourth-order valence-corrected chi connectivity index (χ4v) is 1.39. The van der Waals surface area contributed by atoms with Gasteiger partial charge < -0.3 is 9.94 Å². The number of oxime groups is 1. The number of alkyl halides is 3. The number of ether oxygens (including phenoxy) is 2. The van der Waals surface area contributed by atoms with E-state index in [1.807, 2.05) is 6.92 Å². The van der Waals surface area contributed by atoms with Gasteiger partial charge in [0.25, 0.3) is 0 Å². The van der Waals surface area contributed by atoms with E-state index in [4.69, 9.17) is 9.94 Å². The van der Waals surface area contributed by atoms with Gasteiger partial charge >= 0.3 is 6.36 Å². The third-order valence-electron chi connectivity index (χ3n) is 2.26. The smallest absolute Gasteiger partial charge is 0.491 e. The van der Waals surface area contributed by atoms with Crippen LogP contribution in [0.1, 0.15) is 18.9 Å². The first kappa shape index (κ1) is 15.3. The molecular formula is C12H14F3NO3. The predicted octanol–water partition coefficient (Wildman–Crippen LogP) is 3.19. The van der Waals surface area contributed by atoms with Crippen molar-refractivity contribution in [2.45, 2.75) is 19.7 Å². The molecule has 0 aliphatic carbocycles. The first-order valence-electron chi connectivity index (χ1n) is 5.61. The molecule has 1 aromatic rings. The molecule has 0 spiro atoms. The molecule has 106 valence electrons. The van der Waals surface area contributed by atoms with Crippen LogP contribution in [0.3, 0.4) is 0 Å². The highest BCUT2D eigenvalue weighted by molar-refractivity contribution is 6.00. The molecule has 0 amide bonds. The Kier molecular flexibility index (Phi) is 5.62. The lowest BCUT2D eigenvalue weighted by Crippen LogP contribution is -2.18. The minimum Gasteiger partial charge on any atom is -0.491 e. The van der Waals surface area contributed by atoms with Crippen molar-refractivity contribution >= 4 is 5.71 Å². The summed E-state index contributed by atoms with van der Waals surface area (Å²) in [6.07, 6.45) is -4.07. The molecule has 0 heterocycles. The molecule has 1 aromatic carbocycles. The van der Waals surface area contributed by atoms with E-state index in [9.17, 15) is 13.2 Å². The topological polar surface area (TPSA) is 51.1 Å². The van der Waals surface area contributed by atoms with E-state index < -0.39 is 13.0 Å². The molecule has 19 heavy (non-hydrogen) atoms.